The summed E-state index contributed by atoms with van der Waals surface area (Å²) in [6.45, 7) is 7.03. The maximum Gasteiger partial charge on any atom is 0.321 e. The summed E-state index contributed by atoms with van der Waals surface area (Å²) >= 11 is 0. The van der Waals surface area contributed by atoms with E-state index in [1.807, 2.05) is 17.0 Å². The lowest BCUT2D eigenvalue weighted by molar-refractivity contribution is 0.149. The highest BCUT2D eigenvalue weighted by molar-refractivity contribution is 5.89. The van der Waals surface area contributed by atoms with Crippen LogP contribution in [0, 0.1) is 0 Å². The predicted molar refractivity (Wildman–Crippen MR) is 99.3 cm³/mol. The maximum absolute atomic E-state index is 12.8. The fourth-order valence-electron chi connectivity index (χ4n) is 4.78. The number of benzene rings is 1. The van der Waals surface area contributed by atoms with Gasteiger partial charge in [0.15, 0.2) is 0 Å². The van der Waals surface area contributed by atoms with Crippen molar-refractivity contribution in [1.82, 2.24) is 9.80 Å². The number of anilines is 1. The number of hydrogen-bond donors (Lipinski definition) is 1. The van der Waals surface area contributed by atoms with Crippen molar-refractivity contribution in [1.29, 1.82) is 0 Å². The first-order valence-electron chi connectivity index (χ1n) is 9.71. The van der Waals surface area contributed by atoms with Crippen molar-refractivity contribution in [3.63, 3.8) is 0 Å². The summed E-state index contributed by atoms with van der Waals surface area (Å²) in [6.07, 6.45) is 5.65. The van der Waals surface area contributed by atoms with Gasteiger partial charge in [-0.3, -0.25) is 4.90 Å². The van der Waals surface area contributed by atoms with Crippen LogP contribution in [-0.4, -0.2) is 53.7 Å². The summed E-state index contributed by atoms with van der Waals surface area (Å²) < 4.78 is 5.66. The quantitative estimate of drug-likeness (QED) is 0.894. The van der Waals surface area contributed by atoms with Gasteiger partial charge in [-0.15, -0.1) is 0 Å². The van der Waals surface area contributed by atoms with Crippen molar-refractivity contribution >= 4 is 11.7 Å². The minimum Gasteiger partial charge on any atom is -0.493 e. The van der Waals surface area contributed by atoms with Gasteiger partial charge in [-0.05, 0) is 69.7 Å². The molecule has 1 aromatic carbocycles. The number of carbonyl (C=O) groups is 1. The molecular weight excluding hydrogens is 314 g/mol. The third-order valence-electron chi connectivity index (χ3n) is 5.88. The number of likely N-dealkylation sites (tertiary alicyclic amines) is 1. The Morgan fingerprint density at radius 2 is 2.08 bits per heavy atom. The number of urea groups is 1. The number of aryl methyl sites for hydroxylation is 1. The van der Waals surface area contributed by atoms with Gasteiger partial charge in [-0.2, -0.15) is 0 Å². The van der Waals surface area contributed by atoms with Crippen molar-refractivity contribution in [2.45, 2.75) is 64.1 Å². The molecule has 2 fully saturated rings. The molecule has 0 aliphatic carbocycles. The molecule has 4 rings (SSSR count). The van der Waals surface area contributed by atoms with Crippen LogP contribution in [0.2, 0.25) is 0 Å². The number of nitrogens with zero attached hydrogens (tertiary/aromatic N) is 2. The molecule has 25 heavy (non-hydrogen) atoms. The Labute approximate surface area is 150 Å². The van der Waals surface area contributed by atoms with Crippen molar-refractivity contribution in [3.8, 4) is 5.75 Å². The third-order valence-corrected chi connectivity index (χ3v) is 5.88. The van der Waals surface area contributed by atoms with Crippen molar-refractivity contribution in [2.24, 2.45) is 0 Å². The number of amides is 2. The van der Waals surface area contributed by atoms with E-state index in [4.69, 9.17) is 4.74 Å². The van der Waals surface area contributed by atoms with Gasteiger partial charge in [-0.1, -0.05) is 0 Å². The summed E-state index contributed by atoms with van der Waals surface area (Å²) in [5.74, 6) is 0.962. The monoisotopic (exact) mass is 343 g/mol. The lowest BCUT2D eigenvalue weighted by Crippen LogP contribution is -2.45. The van der Waals surface area contributed by atoms with Gasteiger partial charge in [0.25, 0.3) is 0 Å². The molecule has 0 unspecified atom stereocenters. The van der Waals surface area contributed by atoms with Crippen molar-refractivity contribution in [2.75, 3.05) is 25.0 Å². The van der Waals surface area contributed by atoms with Crippen LogP contribution >= 0.6 is 0 Å². The fourth-order valence-corrected chi connectivity index (χ4v) is 4.78. The first-order chi connectivity index (χ1) is 12.1. The Kier molecular flexibility index (Phi) is 4.59. The van der Waals surface area contributed by atoms with Gasteiger partial charge >= 0.3 is 6.03 Å². The van der Waals surface area contributed by atoms with Crippen LogP contribution in [0.5, 0.6) is 5.75 Å². The summed E-state index contributed by atoms with van der Waals surface area (Å²) in [6, 6.07) is 7.74. The van der Waals surface area contributed by atoms with Gasteiger partial charge in [0.2, 0.25) is 0 Å². The molecule has 0 spiro atoms. The first-order valence-corrected chi connectivity index (χ1v) is 9.71. The number of carbonyl (C=O) groups excluding carboxylic acids is 1. The van der Waals surface area contributed by atoms with E-state index in [9.17, 15) is 4.79 Å². The van der Waals surface area contributed by atoms with Crippen LogP contribution in [-0.2, 0) is 6.42 Å². The second kappa shape index (κ2) is 6.87. The molecule has 0 saturated carbocycles. The summed E-state index contributed by atoms with van der Waals surface area (Å²) in [5, 5.41) is 3.11. The maximum atomic E-state index is 12.8. The van der Waals surface area contributed by atoms with Gasteiger partial charge in [0.1, 0.15) is 5.75 Å². The lowest BCUT2D eigenvalue weighted by atomic mass is 10.1. The van der Waals surface area contributed by atoms with E-state index in [0.717, 1.165) is 50.4 Å². The highest BCUT2D eigenvalue weighted by Gasteiger charge is 2.39. The lowest BCUT2D eigenvalue weighted by Gasteiger charge is -2.32. The third kappa shape index (κ3) is 3.34. The largest absolute Gasteiger partial charge is 0.493 e. The predicted octanol–water partition coefficient (Wildman–Crippen LogP) is 3.49. The van der Waals surface area contributed by atoms with Crippen LogP contribution in [0.15, 0.2) is 18.2 Å². The number of ether oxygens (including phenoxy) is 1. The second-order valence-corrected chi connectivity index (χ2v) is 7.87. The Bertz CT molecular complexity index is 646. The van der Waals surface area contributed by atoms with Crippen LogP contribution in [0.25, 0.3) is 0 Å². The zero-order valence-electron chi connectivity index (χ0n) is 15.3. The SMILES string of the molecule is CC(C)N1[C@H]2CC[C@H]1CN(C(=O)Nc1ccc3c(c1)CCCO3)CC2. The van der Waals surface area contributed by atoms with E-state index in [1.165, 1.54) is 18.4 Å². The minimum atomic E-state index is 0.0351. The number of fused-ring (bicyclic) bond motifs is 3. The van der Waals surface area contributed by atoms with Gasteiger partial charge in [-0.25, -0.2) is 4.79 Å². The average Bonchev–Trinajstić information content (AvgIpc) is 2.89. The molecule has 2 saturated heterocycles. The summed E-state index contributed by atoms with van der Waals surface area (Å²) in [7, 11) is 0. The van der Waals surface area contributed by atoms with Crippen molar-refractivity contribution < 1.29 is 9.53 Å². The topological polar surface area (TPSA) is 44.8 Å². The highest BCUT2D eigenvalue weighted by atomic mass is 16.5. The van der Waals surface area contributed by atoms with E-state index in [1.54, 1.807) is 0 Å². The molecule has 1 aromatic rings. The Morgan fingerprint density at radius 3 is 2.92 bits per heavy atom. The van der Waals surface area contributed by atoms with Crippen LogP contribution in [0.4, 0.5) is 10.5 Å². The van der Waals surface area contributed by atoms with E-state index in [0.29, 0.717) is 18.1 Å². The van der Waals surface area contributed by atoms with Crippen LogP contribution < -0.4 is 10.1 Å². The molecule has 136 valence electrons. The zero-order chi connectivity index (χ0) is 17.4. The first kappa shape index (κ1) is 16.7. The van der Waals surface area contributed by atoms with E-state index in [-0.39, 0.29) is 6.03 Å². The van der Waals surface area contributed by atoms with Gasteiger partial charge < -0.3 is 15.0 Å². The van der Waals surface area contributed by atoms with E-state index >= 15 is 0 Å². The standard InChI is InChI=1S/C20H29N3O2/c1-14(2)23-17-6-7-18(23)13-22(10-9-17)20(24)21-16-5-8-19-15(12-16)4-3-11-25-19/h5,8,12,14,17-18H,3-4,6-7,9-11,13H2,1-2H3,(H,21,24)/t17-,18-/m0/s1. The molecule has 2 atom stereocenters. The molecular formula is C20H29N3O2. The molecule has 3 aliphatic rings. The Balaban J connectivity index is 1.43. The Hall–Kier alpha value is -1.75. The summed E-state index contributed by atoms with van der Waals surface area (Å²) in [4.78, 5) is 17.4. The number of rotatable bonds is 2. The summed E-state index contributed by atoms with van der Waals surface area (Å²) in [5.41, 5.74) is 2.08. The molecule has 0 aromatic heterocycles. The van der Waals surface area contributed by atoms with Gasteiger partial charge in [0, 0.05) is 36.9 Å². The van der Waals surface area contributed by atoms with Crippen LogP contribution in [0.3, 0.4) is 0 Å². The van der Waals surface area contributed by atoms with Crippen LogP contribution in [0.1, 0.15) is 45.1 Å². The highest BCUT2D eigenvalue weighted by Crippen LogP contribution is 2.32. The average molecular weight is 343 g/mol. The normalized spacial score (nSPS) is 26.1. The number of hydrogen-bond acceptors (Lipinski definition) is 3. The minimum absolute atomic E-state index is 0.0351. The van der Waals surface area contributed by atoms with E-state index < -0.39 is 0 Å². The van der Waals surface area contributed by atoms with E-state index in [2.05, 4.69) is 30.1 Å². The van der Waals surface area contributed by atoms with Crippen molar-refractivity contribution in [3.05, 3.63) is 23.8 Å². The molecule has 1 N–H and O–H groups in total. The smallest absolute Gasteiger partial charge is 0.321 e. The molecule has 3 aliphatic heterocycles. The number of nitrogens with one attached hydrogen (secondary N) is 1. The molecule has 2 bridgehead atoms. The molecule has 5 heteroatoms. The fraction of sp³-hybridized carbons (Fsp3) is 0.650. The van der Waals surface area contributed by atoms with Gasteiger partial charge in [0.05, 0.1) is 6.61 Å². The molecule has 2 amide bonds. The molecule has 5 nitrogen and oxygen atoms in total. The zero-order valence-corrected chi connectivity index (χ0v) is 15.3. The second-order valence-electron chi connectivity index (χ2n) is 7.87. The molecule has 3 heterocycles. The Morgan fingerprint density at radius 1 is 1.24 bits per heavy atom. The molecule has 0 radical (unpaired) electrons.